The lowest BCUT2D eigenvalue weighted by Gasteiger charge is -2.35. The lowest BCUT2D eigenvalue weighted by molar-refractivity contribution is 0.0746. The summed E-state index contributed by atoms with van der Waals surface area (Å²) >= 11 is 0. The minimum Gasteiger partial charge on any atom is -0.356 e. The van der Waals surface area contributed by atoms with E-state index in [0.29, 0.717) is 24.2 Å². The molecule has 7 heteroatoms. The summed E-state index contributed by atoms with van der Waals surface area (Å²) < 4.78 is 0. The fourth-order valence-electron chi connectivity index (χ4n) is 3.80. The summed E-state index contributed by atoms with van der Waals surface area (Å²) in [6.07, 6.45) is 4.07. The molecular weight excluding hydrogens is 354 g/mol. The zero-order valence-corrected chi connectivity index (χ0v) is 16.2. The fourth-order valence-corrected chi connectivity index (χ4v) is 3.80. The average Bonchev–Trinajstić information content (AvgIpc) is 3.28. The van der Waals surface area contributed by atoms with Crippen LogP contribution in [0.5, 0.6) is 0 Å². The Morgan fingerprint density at radius 1 is 0.786 bits per heavy atom. The maximum Gasteiger partial charge on any atom is 0.253 e. The Hall–Kier alpha value is -2.96. The Bertz CT molecular complexity index is 853. The smallest absolute Gasteiger partial charge is 0.253 e. The third-order valence-electron chi connectivity index (χ3n) is 5.50. The molecule has 0 radical (unpaired) electrons. The summed E-state index contributed by atoms with van der Waals surface area (Å²) in [5.41, 5.74) is 1.25. The maximum absolute atomic E-state index is 12.7. The van der Waals surface area contributed by atoms with Gasteiger partial charge in [-0.2, -0.15) is 0 Å². The first-order chi connectivity index (χ1) is 13.6. The molecule has 7 nitrogen and oxygen atoms in total. The van der Waals surface area contributed by atoms with Crippen LogP contribution in [0.15, 0.2) is 36.7 Å². The van der Waals surface area contributed by atoms with Crippen molar-refractivity contribution in [3.8, 4) is 0 Å². The molecule has 28 heavy (non-hydrogen) atoms. The molecule has 0 atom stereocenters. The van der Waals surface area contributed by atoms with Crippen molar-refractivity contribution in [2.75, 3.05) is 49.1 Å². The van der Waals surface area contributed by atoms with Crippen molar-refractivity contribution in [2.24, 2.45) is 0 Å². The van der Waals surface area contributed by atoms with Crippen LogP contribution in [-0.2, 0) is 0 Å². The van der Waals surface area contributed by atoms with Gasteiger partial charge >= 0.3 is 0 Å². The van der Waals surface area contributed by atoms with Gasteiger partial charge in [0.15, 0.2) is 5.78 Å². The number of nitrogens with zero attached hydrogens (tertiary/aromatic N) is 5. The lowest BCUT2D eigenvalue weighted by atomic mass is 10.1. The van der Waals surface area contributed by atoms with Crippen molar-refractivity contribution in [3.05, 3.63) is 47.8 Å². The van der Waals surface area contributed by atoms with Crippen molar-refractivity contribution in [3.63, 3.8) is 0 Å². The highest BCUT2D eigenvalue weighted by Gasteiger charge is 2.24. The molecule has 3 heterocycles. The summed E-state index contributed by atoms with van der Waals surface area (Å²) in [4.78, 5) is 39.4. The number of aromatic nitrogens is 2. The summed E-state index contributed by atoms with van der Waals surface area (Å²) in [6.45, 7) is 6.43. The Kier molecular flexibility index (Phi) is 5.23. The van der Waals surface area contributed by atoms with Gasteiger partial charge in [-0.15, -0.1) is 0 Å². The van der Waals surface area contributed by atoms with Crippen LogP contribution in [-0.4, -0.2) is 65.8 Å². The van der Waals surface area contributed by atoms with Crippen molar-refractivity contribution in [1.29, 1.82) is 0 Å². The highest BCUT2D eigenvalue weighted by Crippen LogP contribution is 2.22. The second-order valence-electron chi connectivity index (χ2n) is 7.34. The number of ketones is 1. The second kappa shape index (κ2) is 7.96. The Labute approximate surface area is 165 Å². The number of Topliss-reactive ketones (excluding diaryl/α,β-unsaturated/α-hetero) is 1. The lowest BCUT2D eigenvalue weighted by Crippen LogP contribution is -2.49. The largest absolute Gasteiger partial charge is 0.356 e. The third kappa shape index (κ3) is 3.83. The molecule has 2 fully saturated rings. The molecule has 146 valence electrons. The highest BCUT2D eigenvalue weighted by atomic mass is 16.2. The monoisotopic (exact) mass is 379 g/mol. The van der Waals surface area contributed by atoms with Gasteiger partial charge < -0.3 is 14.7 Å². The van der Waals surface area contributed by atoms with Crippen LogP contribution in [0.1, 0.15) is 40.5 Å². The number of carbonyl (C=O) groups excluding carboxylic acids is 2. The van der Waals surface area contributed by atoms with Crippen molar-refractivity contribution in [1.82, 2.24) is 14.9 Å². The van der Waals surface area contributed by atoms with Gasteiger partial charge in [-0.05, 0) is 31.9 Å². The molecule has 2 saturated heterocycles. The van der Waals surface area contributed by atoms with Crippen LogP contribution in [0.3, 0.4) is 0 Å². The second-order valence-corrected chi connectivity index (χ2v) is 7.34. The maximum atomic E-state index is 12.7. The van der Waals surface area contributed by atoms with E-state index >= 15 is 0 Å². The van der Waals surface area contributed by atoms with Gasteiger partial charge in [0.1, 0.15) is 18.0 Å². The molecule has 1 aromatic carbocycles. The van der Waals surface area contributed by atoms with Gasteiger partial charge in [-0.1, -0.05) is 12.1 Å². The number of carbonyl (C=O) groups is 2. The Morgan fingerprint density at radius 3 is 1.89 bits per heavy atom. The molecule has 0 spiro atoms. The minimum absolute atomic E-state index is 0.00534. The van der Waals surface area contributed by atoms with E-state index in [2.05, 4.69) is 25.8 Å². The number of piperazine rings is 1. The first kappa shape index (κ1) is 18.4. The summed E-state index contributed by atoms with van der Waals surface area (Å²) in [6, 6.07) is 8.96. The van der Waals surface area contributed by atoms with Crippen LogP contribution in [0, 0.1) is 0 Å². The van der Waals surface area contributed by atoms with E-state index in [1.54, 1.807) is 30.6 Å². The van der Waals surface area contributed by atoms with E-state index in [1.165, 1.54) is 19.8 Å². The fraction of sp³-hybridized carbons (Fsp3) is 0.429. The number of anilines is 2. The van der Waals surface area contributed by atoms with Crippen LogP contribution >= 0.6 is 0 Å². The number of rotatable bonds is 4. The van der Waals surface area contributed by atoms with E-state index in [-0.39, 0.29) is 11.7 Å². The van der Waals surface area contributed by atoms with E-state index in [0.717, 1.165) is 37.8 Å². The van der Waals surface area contributed by atoms with Crippen LogP contribution < -0.4 is 9.80 Å². The normalized spacial score (nSPS) is 17.1. The standard InChI is InChI=1S/C21H25N5O2/c1-16(27)17-4-6-18(7-5-17)21(28)26-12-10-25(11-13-26)20-14-19(22-15-23-20)24-8-2-3-9-24/h4-7,14-15H,2-3,8-13H2,1H3. The first-order valence-corrected chi connectivity index (χ1v) is 9.84. The summed E-state index contributed by atoms with van der Waals surface area (Å²) in [7, 11) is 0. The molecule has 0 aliphatic carbocycles. The van der Waals surface area contributed by atoms with Gasteiger partial charge in [0.25, 0.3) is 5.91 Å². The van der Waals surface area contributed by atoms with E-state index in [4.69, 9.17) is 0 Å². The molecule has 2 aromatic rings. The number of amides is 1. The van der Waals surface area contributed by atoms with E-state index in [1.807, 2.05) is 4.90 Å². The Balaban J connectivity index is 1.38. The number of hydrogen-bond acceptors (Lipinski definition) is 6. The quantitative estimate of drug-likeness (QED) is 0.759. The average molecular weight is 379 g/mol. The first-order valence-electron chi connectivity index (χ1n) is 9.84. The van der Waals surface area contributed by atoms with E-state index < -0.39 is 0 Å². The SMILES string of the molecule is CC(=O)c1ccc(C(=O)N2CCN(c3cc(N4CCCC4)ncn3)CC2)cc1. The van der Waals surface area contributed by atoms with Crippen molar-refractivity contribution in [2.45, 2.75) is 19.8 Å². The Morgan fingerprint density at radius 2 is 1.32 bits per heavy atom. The highest BCUT2D eigenvalue weighted by molar-refractivity contribution is 5.97. The van der Waals surface area contributed by atoms with Gasteiger partial charge in [0, 0.05) is 56.5 Å². The molecule has 0 saturated carbocycles. The van der Waals surface area contributed by atoms with Gasteiger partial charge in [0.05, 0.1) is 0 Å². The zero-order valence-electron chi connectivity index (χ0n) is 16.2. The molecule has 0 unspecified atom stereocenters. The number of hydrogen-bond donors (Lipinski definition) is 0. The van der Waals surface area contributed by atoms with Gasteiger partial charge in [-0.25, -0.2) is 9.97 Å². The minimum atomic E-state index is 0.00534. The molecule has 4 rings (SSSR count). The van der Waals surface area contributed by atoms with Gasteiger partial charge in [0.2, 0.25) is 0 Å². The van der Waals surface area contributed by atoms with Crippen molar-refractivity contribution >= 4 is 23.3 Å². The predicted octanol–water partition coefficient (Wildman–Crippen LogP) is 2.24. The summed E-state index contributed by atoms with van der Waals surface area (Å²) in [5, 5.41) is 0. The third-order valence-corrected chi connectivity index (χ3v) is 5.50. The summed E-state index contributed by atoms with van der Waals surface area (Å²) in [5.74, 6) is 1.93. The van der Waals surface area contributed by atoms with Crippen LogP contribution in [0.4, 0.5) is 11.6 Å². The molecule has 2 aliphatic heterocycles. The molecule has 1 amide bonds. The predicted molar refractivity (Wildman–Crippen MR) is 108 cm³/mol. The van der Waals surface area contributed by atoms with Gasteiger partial charge in [-0.3, -0.25) is 9.59 Å². The topological polar surface area (TPSA) is 69.6 Å². The van der Waals surface area contributed by atoms with Crippen molar-refractivity contribution < 1.29 is 9.59 Å². The molecule has 1 aromatic heterocycles. The molecular formula is C21H25N5O2. The van der Waals surface area contributed by atoms with E-state index in [9.17, 15) is 9.59 Å². The molecule has 0 N–H and O–H groups in total. The molecule has 0 bridgehead atoms. The molecule has 2 aliphatic rings. The zero-order chi connectivity index (χ0) is 19.5. The van der Waals surface area contributed by atoms with Crippen LogP contribution in [0.25, 0.3) is 0 Å². The number of benzene rings is 1. The van der Waals surface area contributed by atoms with Crippen LogP contribution in [0.2, 0.25) is 0 Å².